The van der Waals surface area contributed by atoms with Crippen LogP contribution in [0.1, 0.15) is 13.8 Å². The van der Waals surface area contributed by atoms with E-state index in [0.717, 1.165) is 6.54 Å². The highest BCUT2D eigenvalue weighted by Crippen LogP contribution is 1.99. The fourth-order valence-corrected chi connectivity index (χ4v) is 1.45. The van der Waals surface area contributed by atoms with Gasteiger partial charge in [0.25, 0.3) is 0 Å². The molecule has 0 rings (SSSR count). The molecule has 1 N–H and O–H groups in total. The van der Waals surface area contributed by atoms with Crippen molar-refractivity contribution in [3.05, 3.63) is 0 Å². The Kier molecular flexibility index (Phi) is 8.15. The molecule has 5 nitrogen and oxygen atoms in total. The summed E-state index contributed by atoms with van der Waals surface area (Å²) in [5, 5.41) is 3.10. The Morgan fingerprint density at radius 3 is 2.50 bits per heavy atom. The molecule has 0 aromatic carbocycles. The second kappa shape index (κ2) is 8.50. The molecule has 0 heterocycles. The van der Waals surface area contributed by atoms with Crippen molar-refractivity contribution < 1.29 is 14.3 Å². The molecule has 0 amide bonds. The van der Waals surface area contributed by atoms with Crippen molar-refractivity contribution >= 4 is 5.97 Å². The summed E-state index contributed by atoms with van der Waals surface area (Å²) in [6, 6.07) is -0.00452. The summed E-state index contributed by atoms with van der Waals surface area (Å²) in [6.07, 6.45) is 0. The molecule has 0 saturated carbocycles. The molecule has 2 atom stereocenters. The summed E-state index contributed by atoms with van der Waals surface area (Å²) < 4.78 is 9.82. The summed E-state index contributed by atoms with van der Waals surface area (Å²) in [6.45, 7) is 6.03. The van der Waals surface area contributed by atoms with Gasteiger partial charge < -0.3 is 14.8 Å². The van der Waals surface area contributed by atoms with Crippen LogP contribution in [0.25, 0.3) is 0 Å². The number of esters is 1. The number of nitrogens with zero attached hydrogens (tertiary/aromatic N) is 1. The van der Waals surface area contributed by atoms with Crippen molar-refractivity contribution in [2.24, 2.45) is 0 Å². The van der Waals surface area contributed by atoms with E-state index in [0.29, 0.717) is 13.2 Å². The van der Waals surface area contributed by atoms with Crippen molar-refractivity contribution in [2.75, 3.05) is 41.0 Å². The van der Waals surface area contributed by atoms with Crippen LogP contribution in [0.4, 0.5) is 0 Å². The van der Waals surface area contributed by atoms with Gasteiger partial charge in [-0.15, -0.1) is 0 Å². The van der Waals surface area contributed by atoms with E-state index in [1.54, 1.807) is 7.11 Å². The lowest BCUT2D eigenvalue weighted by atomic mass is 10.2. The Balaban J connectivity index is 4.21. The van der Waals surface area contributed by atoms with Crippen LogP contribution in [-0.2, 0) is 14.3 Å². The van der Waals surface area contributed by atoms with E-state index < -0.39 is 0 Å². The molecular formula is C11H24N2O3. The number of carbonyl (C=O) groups is 1. The number of likely N-dealkylation sites (N-methyl/N-ethyl adjacent to an activating group) is 2. The van der Waals surface area contributed by atoms with Crippen molar-refractivity contribution in [2.45, 2.75) is 25.9 Å². The second-order valence-electron chi connectivity index (χ2n) is 3.88. The minimum atomic E-state index is -0.278. The number of hydrogen-bond acceptors (Lipinski definition) is 5. The van der Waals surface area contributed by atoms with E-state index in [2.05, 4.69) is 17.1 Å². The monoisotopic (exact) mass is 232 g/mol. The van der Waals surface area contributed by atoms with Gasteiger partial charge in [0, 0.05) is 19.7 Å². The highest BCUT2D eigenvalue weighted by molar-refractivity contribution is 5.75. The molecule has 96 valence electrons. The first-order valence-corrected chi connectivity index (χ1v) is 5.57. The number of rotatable bonds is 8. The smallest absolute Gasteiger partial charge is 0.324 e. The average molecular weight is 232 g/mol. The zero-order chi connectivity index (χ0) is 12.6. The van der Waals surface area contributed by atoms with E-state index >= 15 is 0 Å². The third-order valence-corrected chi connectivity index (χ3v) is 2.57. The average Bonchev–Trinajstić information content (AvgIpc) is 2.27. The van der Waals surface area contributed by atoms with E-state index in [-0.39, 0.29) is 18.1 Å². The van der Waals surface area contributed by atoms with Gasteiger partial charge in [-0.05, 0) is 20.5 Å². The van der Waals surface area contributed by atoms with Gasteiger partial charge in [-0.1, -0.05) is 6.92 Å². The molecule has 5 heteroatoms. The number of ether oxygens (including phenoxy) is 2. The molecule has 0 fully saturated rings. The Morgan fingerprint density at radius 2 is 2.06 bits per heavy atom. The lowest BCUT2D eigenvalue weighted by Gasteiger charge is -2.27. The Bertz CT molecular complexity index is 200. The first-order valence-electron chi connectivity index (χ1n) is 5.57. The Morgan fingerprint density at radius 1 is 1.44 bits per heavy atom. The maximum atomic E-state index is 11.5. The fourth-order valence-electron chi connectivity index (χ4n) is 1.45. The van der Waals surface area contributed by atoms with Gasteiger partial charge in [-0.25, -0.2) is 0 Å². The molecule has 0 spiro atoms. The van der Waals surface area contributed by atoms with Crippen LogP contribution in [0.5, 0.6) is 0 Å². The van der Waals surface area contributed by atoms with Crippen LogP contribution >= 0.6 is 0 Å². The standard InChI is InChI=1S/C11H24N2O3/c1-6-12-10(11(14)16-5)7-13(3)9(2)8-15-4/h9-10,12H,6-8H2,1-5H3. The molecule has 0 bridgehead atoms. The van der Waals surface area contributed by atoms with Gasteiger partial charge >= 0.3 is 5.97 Å². The molecule has 0 aromatic rings. The fraction of sp³-hybridized carbons (Fsp3) is 0.909. The molecular weight excluding hydrogens is 208 g/mol. The van der Waals surface area contributed by atoms with Gasteiger partial charge in [0.15, 0.2) is 0 Å². The van der Waals surface area contributed by atoms with Crippen LogP contribution < -0.4 is 5.32 Å². The third kappa shape index (κ3) is 5.44. The van der Waals surface area contributed by atoms with Crippen LogP contribution in [0, 0.1) is 0 Å². The molecule has 0 radical (unpaired) electrons. The molecule has 16 heavy (non-hydrogen) atoms. The predicted molar refractivity (Wildman–Crippen MR) is 63.4 cm³/mol. The SMILES string of the molecule is CCNC(CN(C)C(C)COC)C(=O)OC. The molecule has 0 aliphatic heterocycles. The van der Waals surface area contributed by atoms with E-state index in [9.17, 15) is 4.79 Å². The van der Waals surface area contributed by atoms with Gasteiger partial charge in [0.1, 0.15) is 6.04 Å². The summed E-state index contributed by atoms with van der Waals surface area (Å²) in [5.74, 6) is -0.224. The third-order valence-electron chi connectivity index (χ3n) is 2.57. The predicted octanol–water partition coefficient (Wildman–Crippen LogP) is 0.104. The largest absolute Gasteiger partial charge is 0.468 e. The highest BCUT2D eigenvalue weighted by Gasteiger charge is 2.21. The van der Waals surface area contributed by atoms with E-state index in [1.165, 1.54) is 7.11 Å². The minimum Gasteiger partial charge on any atom is -0.468 e. The van der Waals surface area contributed by atoms with E-state index in [1.807, 2.05) is 14.0 Å². The zero-order valence-electron chi connectivity index (χ0n) is 10.9. The second-order valence-corrected chi connectivity index (χ2v) is 3.88. The minimum absolute atomic E-state index is 0.224. The van der Waals surface area contributed by atoms with Crippen molar-refractivity contribution in [3.8, 4) is 0 Å². The van der Waals surface area contributed by atoms with Crippen LogP contribution in [0.15, 0.2) is 0 Å². The highest BCUT2D eigenvalue weighted by atomic mass is 16.5. The first-order chi connectivity index (χ1) is 7.56. The van der Waals surface area contributed by atoms with Crippen LogP contribution in [-0.4, -0.2) is 63.9 Å². The number of methoxy groups -OCH3 is 2. The van der Waals surface area contributed by atoms with Crippen LogP contribution in [0.3, 0.4) is 0 Å². The lowest BCUT2D eigenvalue weighted by molar-refractivity contribution is -0.143. The summed E-state index contributed by atoms with van der Waals surface area (Å²) in [7, 11) is 5.05. The molecule has 0 aliphatic carbocycles. The van der Waals surface area contributed by atoms with Crippen molar-refractivity contribution in [1.82, 2.24) is 10.2 Å². The number of carbonyl (C=O) groups excluding carboxylic acids is 1. The topological polar surface area (TPSA) is 50.8 Å². The van der Waals surface area contributed by atoms with Gasteiger partial charge in [0.05, 0.1) is 13.7 Å². The summed E-state index contributed by atoms with van der Waals surface area (Å²) in [4.78, 5) is 13.6. The van der Waals surface area contributed by atoms with Crippen molar-refractivity contribution in [1.29, 1.82) is 0 Å². The van der Waals surface area contributed by atoms with Crippen LogP contribution in [0.2, 0.25) is 0 Å². The molecule has 0 saturated heterocycles. The van der Waals surface area contributed by atoms with Gasteiger partial charge in [-0.3, -0.25) is 9.69 Å². The number of nitrogens with one attached hydrogen (secondary N) is 1. The van der Waals surface area contributed by atoms with Crippen molar-refractivity contribution in [3.63, 3.8) is 0 Å². The Hall–Kier alpha value is -0.650. The molecule has 0 aromatic heterocycles. The maximum absolute atomic E-state index is 11.5. The van der Waals surface area contributed by atoms with E-state index in [4.69, 9.17) is 9.47 Å². The first kappa shape index (κ1) is 15.3. The Labute approximate surface area is 98.1 Å². The summed E-state index contributed by atoms with van der Waals surface area (Å²) >= 11 is 0. The maximum Gasteiger partial charge on any atom is 0.324 e. The number of hydrogen-bond donors (Lipinski definition) is 1. The quantitative estimate of drug-likeness (QED) is 0.602. The molecule has 2 unspecified atom stereocenters. The lowest BCUT2D eigenvalue weighted by Crippen LogP contribution is -2.48. The molecule has 0 aliphatic rings. The zero-order valence-corrected chi connectivity index (χ0v) is 10.9. The summed E-state index contributed by atoms with van der Waals surface area (Å²) in [5.41, 5.74) is 0. The normalized spacial score (nSPS) is 14.9. The van der Waals surface area contributed by atoms with Gasteiger partial charge in [0.2, 0.25) is 0 Å². The van der Waals surface area contributed by atoms with Gasteiger partial charge in [-0.2, -0.15) is 0 Å².